The van der Waals surface area contributed by atoms with E-state index in [1.807, 2.05) is 47.4 Å². The van der Waals surface area contributed by atoms with Crippen molar-refractivity contribution >= 4 is 6.03 Å². The van der Waals surface area contributed by atoms with E-state index in [0.717, 1.165) is 62.6 Å². The lowest BCUT2D eigenvalue weighted by Gasteiger charge is -2.34. The maximum absolute atomic E-state index is 12.5. The van der Waals surface area contributed by atoms with E-state index in [0.29, 0.717) is 6.54 Å². The Hall–Kier alpha value is -2.73. The normalized spacial score (nSPS) is 14.5. The quantitative estimate of drug-likeness (QED) is 0.744. The molecule has 1 N–H and O–H groups in total. The first kappa shape index (κ1) is 21.0. The predicted molar refractivity (Wildman–Crippen MR) is 115 cm³/mol. The summed E-state index contributed by atoms with van der Waals surface area (Å²) in [4.78, 5) is 16.8. The van der Waals surface area contributed by atoms with Crippen LogP contribution in [0.5, 0.6) is 11.5 Å². The minimum absolute atomic E-state index is 0.0178. The van der Waals surface area contributed by atoms with Gasteiger partial charge >= 0.3 is 6.03 Å². The first-order valence-electron chi connectivity index (χ1n) is 10.2. The molecule has 1 saturated heterocycles. The average Bonchev–Trinajstić information content (AvgIpc) is 2.78. The van der Waals surface area contributed by atoms with E-state index >= 15 is 0 Å². The number of ether oxygens (including phenoxy) is 2. The Bertz CT molecular complexity index is 788. The predicted octanol–water partition coefficient (Wildman–Crippen LogP) is 2.82. The molecule has 0 radical (unpaired) electrons. The summed E-state index contributed by atoms with van der Waals surface area (Å²) in [6.45, 7) is 4.89. The van der Waals surface area contributed by atoms with Crippen LogP contribution in [0.1, 0.15) is 11.1 Å². The van der Waals surface area contributed by atoms with Crippen molar-refractivity contribution in [1.82, 2.24) is 15.1 Å². The SMILES string of the molecule is COc1ccccc1CCNC(=O)N1CCN(CCc2ccccc2OC)CC1. The Kier molecular flexibility index (Phi) is 7.76. The van der Waals surface area contributed by atoms with Crippen LogP contribution in [-0.2, 0) is 12.8 Å². The molecule has 3 rings (SSSR count). The number of nitrogens with one attached hydrogen (secondary N) is 1. The molecular weight excluding hydrogens is 366 g/mol. The minimum Gasteiger partial charge on any atom is -0.496 e. The van der Waals surface area contributed by atoms with Gasteiger partial charge in [0.15, 0.2) is 0 Å². The van der Waals surface area contributed by atoms with Gasteiger partial charge in [-0.05, 0) is 36.1 Å². The number of nitrogens with zero attached hydrogens (tertiary/aromatic N) is 2. The number of para-hydroxylation sites is 2. The molecule has 1 aliphatic rings. The van der Waals surface area contributed by atoms with Gasteiger partial charge in [-0.1, -0.05) is 36.4 Å². The topological polar surface area (TPSA) is 54.0 Å². The van der Waals surface area contributed by atoms with Crippen LogP contribution in [-0.4, -0.2) is 69.3 Å². The van der Waals surface area contributed by atoms with Gasteiger partial charge in [0.05, 0.1) is 14.2 Å². The molecule has 2 aromatic rings. The number of rotatable bonds is 8. The van der Waals surface area contributed by atoms with Crippen molar-refractivity contribution in [1.29, 1.82) is 0 Å². The molecule has 6 heteroatoms. The molecule has 0 unspecified atom stereocenters. The molecule has 1 aliphatic heterocycles. The van der Waals surface area contributed by atoms with Crippen LogP contribution in [0, 0.1) is 0 Å². The number of methoxy groups -OCH3 is 2. The Labute approximate surface area is 173 Å². The molecule has 0 bridgehead atoms. The van der Waals surface area contributed by atoms with Crippen molar-refractivity contribution in [2.75, 3.05) is 53.5 Å². The van der Waals surface area contributed by atoms with Crippen LogP contribution in [0.2, 0.25) is 0 Å². The monoisotopic (exact) mass is 397 g/mol. The van der Waals surface area contributed by atoms with E-state index in [1.54, 1.807) is 14.2 Å². The maximum Gasteiger partial charge on any atom is 0.317 e. The number of piperazine rings is 1. The average molecular weight is 398 g/mol. The molecule has 1 heterocycles. The molecule has 0 aromatic heterocycles. The summed E-state index contributed by atoms with van der Waals surface area (Å²) in [6.07, 6.45) is 1.71. The van der Waals surface area contributed by atoms with Crippen molar-refractivity contribution in [2.24, 2.45) is 0 Å². The van der Waals surface area contributed by atoms with Gasteiger partial charge in [-0.3, -0.25) is 4.90 Å². The lowest BCUT2D eigenvalue weighted by Crippen LogP contribution is -2.52. The van der Waals surface area contributed by atoms with E-state index < -0.39 is 0 Å². The Morgan fingerprint density at radius 1 is 0.862 bits per heavy atom. The number of urea groups is 1. The third kappa shape index (κ3) is 5.87. The number of hydrogen-bond donors (Lipinski definition) is 1. The van der Waals surface area contributed by atoms with Gasteiger partial charge in [-0.15, -0.1) is 0 Å². The lowest BCUT2D eigenvalue weighted by atomic mass is 10.1. The summed E-state index contributed by atoms with van der Waals surface area (Å²) in [6, 6.07) is 16.1. The number of hydrogen-bond acceptors (Lipinski definition) is 4. The first-order chi connectivity index (χ1) is 14.2. The van der Waals surface area contributed by atoms with Crippen LogP contribution >= 0.6 is 0 Å². The summed E-state index contributed by atoms with van der Waals surface area (Å²) in [7, 11) is 3.38. The molecule has 156 valence electrons. The zero-order chi connectivity index (χ0) is 20.5. The molecule has 29 heavy (non-hydrogen) atoms. The molecule has 2 aromatic carbocycles. The minimum atomic E-state index is 0.0178. The van der Waals surface area contributed by atoms with Crippen LogP contribution in [0.25, 0.3) is 0 Å². The van der Waals surface area contributed by atoms with Gasteiger partial charge < -0.3 is 19.7 Å². The van der Waals surface area contributed by atoms with E-state index in [1.165, 1.54) is 5.56 Å². The second-order valence-corrected chi connectivity index (χ2v) is 7.18. The molecule has 1 fully saturated rings. The summed E-state index contributed by atoms with van der Waals surface area (Å²) in [5, 5.41) is 3.04. The van der Waals surface area contributed by atoms with Gasteiger partial charge in [0.25, 0.3) is 0 Å². The van der Waals surface area contributed by atoms with Gasteiger partial charge in [-0.25, -0.2) is 4.79 Å². The van der Waals surface area contributed by atoms with Gasteiger partial charge in [-0.2, -0.15) is 0 Å². The summed E-state index contributed by atoms with van der Waals surface area (Å²) >= 11 is 0. The maximum atomic E-state index is 12.5. The van der Waals surface area contributed by atoms with E-state index in [4.69, 9.17) is 9.47 Å². The van der Waals surface area contributed by atoms with Crippen LogP contribution in [0.15, 0.2) is 48.5 Å². The molecule has 0 atom stereocenters. The molecule has 0 saturated carbocycles. The van der Waals surface area contributed by atoms with E-state index in [2.05, 4.69) is 16.3 Å². The molecular formula is C23H31N3O3. The second-order valence-electron chi connectivity index (χ2n) is 7.18. The summed E-state index contributed by atoms with van der Waals surface area (Å²) in [5.74, 6) is 1.81. The Morgan fingerprint density at radius 2 is 1.41 bits per heavy atom. The second kappa shape index (κ2) is 10.7. The molecule has 2 amide bonds. The molecule has 0 spiro atoms. The highest BCUT2D eigenvalue weighted by molar-refractivity contribution is 5.74. The van der Waals surface area contributed by atoms with E-state index in [-0.39, 0.29) is 6.03 Å². The van der Waals surface area contributed by atoms with Crippen LogP contribution < -0.4 is 14.8 Å². The van der Waals surface area contributed by atoms with E-state index in [9.17, 15) is 4.79 Å². The fourth-order valence-electron chi connectivity index (χ4n) is 3.69. The van der Waals surface area contributed by atoms with Gasteiger partial charge in [0.1, 0.15) is 11.5 Å². The number of amides is 2. The Balaban J connectivity index is 1.38. The third-order valence-electron chi connectivity index (χ3n) is 5.41. The highest BCUT2D eigenvalue weighted by atomic mass is 16.5. The smallest absolute Gasteiger partial charge is 0.317 e. The fraction of sp³-hybridized carbons (Fsp3) is 0.435. The van der Waals surface area contributed by atoms with Crippen molar-refractivity contribution < 1.29 is 14.3 Å². The highest BCUT2D eigenvalue weighted by Crippen LogP contribution is 2.19. The first-order valence-corrected chi connectivity index (χ1v) is 10.2. The van der Waals surface area contributed by atoms with Gasteiger partial charge in [0.2, 0.25) is 0 Å². The standard InChI is InChI=1S/C23H31N3O3/c1-28-21-9-5-3-7-19(21)11-13-24-23(27)26-17-15-25(16-18-26)14-12-20-8-4-6-10-22(20)29-2/h3-10H,11-18H2,1-2H3,(H,24,27). The van der Waals surface area contributed by atoms with Crippen LogP contribution in [0.3, 0.4) is 0 Å². The van der Waals surface area contributed by atoms with Gasteiger partial charge in [0, 0.05) is 39.3 Å². The zero-order valence-electron chi connectivity index (χ0n) is 17.4. The van der Waals surface area contributed by atoms with Crippen molar-refractivity contribution in [3.8, 4) is 11.5 Å². The van der Waals surface area contributed by atoms with Crippen LogP contribution in [0.4, 0.5) is 4.79 Å². The number of benzene rings is 2. The third-order valence-corrected chi connectivity index (χ3v) is 5.41. The lowest BCUT2D eigenvalue weighted by molar-refractivity contribution is 0.140. The Morgan fingerprint density at radius 3 is 2.00 bits per heavy atom. The summed E-state index contributed by atoms with van der Waals surface area (Å²) < 4.78 is 10.8. The number of carbonyl (C=O) groups excluding carboxylic acids is 1. The molecule has 6 nitrogen and oxygen atoms in total. The van der Waals surface area contributed by atoms with Crippen molar-refractivity contribution in [2.45, 2.75) is 12.8 Å². The fourth-order valence-corrected chi connectivity index (χ4v) is 3.69. The largest absolute Gasteiger partial charge is 0.496 e. The zero-order valence-corrected chi connectivity index (χ0v) is 17.4. The highest BCUT2D eigenvalue weighted by Gasteiger charge is 2.20. The van der Waals surface area contributed by atoms with Crippen molar-refractivity contribution in [3.63, 3.8) is 0 Å². The van der Waals surface area contributed by atoms with Crippen molar-refractivity contribution in [3.05, 3.63) is 59.7 Å². The molecule has 0 aliphatic carbocycles. The number of carbonyl (C=O) groups is 1. The summed E-state index contributed by atoms with van der Waals surface area (Å²) in [5.41, 5.74) is 2.34.